The normalized spacial score (nSPS) is 6.00. The van der Waals surface area contributed by atoms with Gasteiger partial charge in [0, 0.05) is 6.38 Å². The van der Waals surface area contributed by atoms with Crippen LogP contribution >= 0.6 is 11.6 Å². The highest BCUT2D eigenvalue weighted by atomic mass is 35.5. The van der Waals surface area contributed by atoms with Crippen LogP contribution in [0.3, 0.4) is 0 Å². The molecule has 1 aromatic rings. The van der Waals surface area contributed by atoms with Gasteiger partial charge in [0.05, 0.1) is 0 Å². The van der Waals surface area contributed by atoms with Crippen LogP contribution in [0.4, 0.5) is 4.70 Å². The summed E-state index contributed by atoms with van der Waals surface area (Å²) >= 11 is 4.64. The lowest BCUT2D eigenvalue weighted by Gasteiger charge is -1.69. The lowest BCUT2D eigenvalue weighted by molar-refractivity contribution is 1.11. The Morgan fingerprint density at radius 3 is 0.889 bits per heavy atom. The van der Waals surface area contributed by atoms with Crippen molar-refractivity contribution in [2.75, 3.05) is 6.38 Å². The molecule has 0 aliphatic heterocycles. The summed E-state index contributed by atoms with van der Waals surface area (Å²) in [6.07, 6.45) is 1.47. The molecule has 0 bridgehead atoms. The molecule has 0 atom stereocenters. The number of rotatable bonds is 0. The van der Waals surface area contributed by atoms with Crippen LogP contribution in [0.1, 0.15) is 0 Å². The average molecular weight is 149 g/mol. The van der Waals surface area contributed by atoms with Crippen molar-refractivity contribution < 1.29 is 4.70 Å². The summed E-state index contributed by atoms with van der Waals surface area (Å²) in [4.78, 5) is 0. The summed E-state index contributed by atoms with van der Waals surface area (Å²) in [7, 11) is 0. The Balaban J connectivity index is 0. The summed E-state index contributed by atoms with van der Waals surface area (Å²) in [5, 5.41) is 0. The molecule has 0 aliphatic rings. The van der Waals surface area contributed by atoms with Crippen molar-refractivity contribution in [3.8, 4) is 0 Å². The number of halogens is 2. The lowest BCUT2D eigenvalue weighted by Crippen LogP contribution is -1.47. The zero-order chi connectivity index (χ0) is 6.24. The summed E-state index contributed by atoms with van der Waals surface area (Å²) in [5.41, 5.74) is 0. The maximum Gasteiger partial charge on any atom is 0.0108 e. The smallest absolute Gasteiger partial charge is 0.0108 e. The fraction of sp³-hybridized carbons (Fsp3) is 0.143. The van der Waals surface area contributed by atoms with Gasteiger partial charge >= 0.3 is 0 Å². The molecule has 0 unspecified atom stereocenters. The van der Waals surface area contributed by atoms with Crippen LogP contribution in [-0.4, -0.2) is 6.38 Å². The van der Waals surface area contributed by atoms with Gasteiger partial charge < -0.3 is 0 Å². The molecule has 0 saturated carbocycles. The van der Waals surface area contributed by atoms with Crippen LogP contribution in [0.15, 0.2) is 36.4 Å². The molecule has 0 saturated heterocycles. The number of hydrogen-bond acceptors (Lipinski definition) is 0. The van der Waals surface area contributed by atoms with E-state index in [1.165, 1.54) is 6.38 Å². The summed E-state index contributed by atoms with van der Waals surface area (Å²) in [6, 6.07) is 12.0. The fourth-order valence-corrected chi connectivity index (χ4v) is 0.385. The summed E-state index contributed by atoms with van der Waals surface area (Å²) in [6.45, 7) is 0. The van der Waals surface area contributed by atoms with Crippen LogP contribution in [0.5, 0.6) is 0 Å². The molecular formula is C7H10ClF. The Kier molecular flexibility index (Phi) is 13.1. The molecule has 52 valence electrons. The molecule has 2 heteroatoms. The Hall–Kier alpha value is -0.560. The average Bonchev–Trinajstić information content (AvgIpc) is 1.96. The first kappa shape index (κ1) is 11.3. The Bertz CT molecular complexity index is 80.8. The minimum absolute atomic E-state index is 0. The van der Waals surface area contributed by atoms with Crippen LogP contribution < -0.4 is 0 Å². The second-order valence-electron chi connectivity index (χ2n) is 1.15. The van der Waals surface area contributed by atoms with Crippen molar-refractivity contribution in [3.63, 3.8) is 0 Å². The molecule has 0 radical (unpaired) electrons. The van der Waals surface area contributed by atoms with Gasteiger partial charge in [-0.1, -0.05) is 36.4 Å². The third kappa shape index (κ3) is 7.44. The van der Waals surface area contributed by atoms with Crippen molar-refractivity contribution >= 4 is 11.6 Å². The van der Waals surface area contributed by atoms with Gasteiger partial charge in [-0.3, -0.25) is 4.70 Å². The molecule has 0 aliphatic carbocycles. The van der Waals surface area contributed by atoms with E-state index in [0.29, 0.717) is 0 Å². The van der Waals surface area contributed by atoms with E-state index < -0.39 is 0 Å². The Morgan fingerprint density at radius 2 is 0.778 bits per heavy atom. The van der Waals surface area contributed by atoms with Gasteiger partial charge in [-0.15, -0.1) is 11.6 Å². The first-order valence-electron chi connectivity index (χ1n) is 2.38. The monoisotopic (exact) mass is 148 g/mol. The molecule has 0 amide bonds. The molecular weight excluding hydrogens is 139 g/mol. The van der Waals surface area contributed by atoms with E-state index in [0.717, 1.165) is 0 Å². The van der Waals surface area contributed by atoms with E-state index in [1.807, 2.05) is 36.4 Å². The summed E-state index contributed by atoms with van der Waals surface area (Å²) in [5.74, 6) is 0. The van der Waals surface area contributed by atoms with Gasteiger partial charge in [0.1, 0.15) is 0 Å². The number of alkyl halides is 1. The van der Waals surface area contributed by atoms with E-state index in [-0.39, 0.29) is 4.70 Å². The third-order valence-electron chi connectivity index (χ3n) is 0.667. The highest BCUT2D eigenvalue weighted by Gasteiger charge is 1.57. The number of benzene rings is 1. The quantitative estimate of drug-likeness (QED) is 0.497. The molecule has 9 heavy (non-hydrogen) atoms. The predicted octanol–water partition coefficient (Wildman–Crippen LogP) is 2.69. The van der Waals surface area contributed by atoms with Crippen molar-refractivity contribution in [1.29, 1.82) is 0 Å². The minimum atomic E-state index is 0. The highest BCUT2D eigenvalue weighted by molar-refractivity contribution is 6.15. The van der Waals surface area contributed by atoms with E-state index in [4.69, 9.17) is 0 Å². The van der Waals surface area contributed by atoms with Crippen molar-refractivity contribution in [3.05, 3.63) is 36.4 Å². The van der Waals surface area contributed by atoms with Crippen LogP contribution in [0.25, 0.3) is 0 Å². The SMILES string of the molecule is CCl.F.c1ccccc1. The van der Waals surface area contributed by atoms with Gasteiger partial charge in [-0.05, 0) is 0 Å². The van der Waals surface area contributed by atoms with Crippen LogP contribution in [0, 0.1) is 0 Å². The van der Waals surface area contributed by atoms with Gasteiger partial charge in [-0.25, -0.2) is 0 Å². The maximum atomic E-state index is 4.64. The van der Waals surface area contributed by atoms with Crippen molar-refractivity contribution in [1.82, 2.24) is 0 Å². The molecule has 0 nitrogen and oxygen atoms in total. The highest BCUT2D eigenvalue weighted by Crippen LogP contribution is 1.79. The van der Waals surface area contributed by atoms with Crippen LogP contribution in [-0.2, 0) is 0 Å². The molecule has 0 N–H and O–H groups in total. The van der Waals surface area contributed by atoms with E-state index in [2.05, 4.69) is 11.6 Å². The van der Waals surface area contributed by atoms with Gasteiger partial charge in [0.2, 0.25) is 0 Å². The minimum Gasteiger partial charge on any atom is -0.269 e. The zero-order valence-electron chi connectivity index (χ0n) is 5.25. The van der Waals surface area contributed by atoms with Gasteiger partial charge in [-0.2, -0.15) is 0 Å². The maximum absolute atomic E-state index is 4.64. The van der Waals surface area contributed by atoms with Gasteiger partial charge in [0.25, 0.3) is 0 Å². The van der Waals surface area contributed by atoms with Crippen LogP contribution in [0.2, 0.25) is 0 Å². The molecule has 0 aromatic heterocycles. The Labute approximate surface area is 59.8 Å². The fourth-order valence-electron chi connectivity index (χ4n) is 0.385. The predicted molar refractivity (Wildman–Crippen MR) is 40.7 cm³/mol. The van der Waals surface area contributed by atoms with E-state index >= 15 is 0 Å². The Morgan fingerprint density at radius 1 is 0.667 bits per heavy atom. The number of hydrogen-bond donors (Lipinski definition) is 0. The molecule has 0 heterocycles. The van der Waals surface area contributed by atoms with E-state index in [1.54, 1.807) is 0 Å². The molecule has 1 aromatic carbocycles. The lowest BCUT2D eigenvalue weighted by atomic mass is 10.4. The van der Waals surface area contributed by atoms with E-state index in [9.17, 15) is 0 Å². The zero-order valence-corrected chi connectivity index (χ0v) is 6.01. The first-order chi connectivity index (χ1) is 4.00. The largest absolute Gasteiger partial charge is 0.269 e. The second-order valence-corrected chi connectivity index (χ2v) is 1.15. The molecule has 1 rings (SSSR count). The molecule has 0 fully saturated rings. The topological polar surface area (TPSA) is 0 Å². The van der Waals surface area contributed by atoms with Gasteiger partial charge in [0.15, 0.2) is 0 Å². The second kappa shape index (κ2) is 10.4. The van der Waals surface area contributed by atoms with Crippen molar-refractivity contribution in [2.45, 2.75) is 0 Å². The molecule has 0 spiro atoms. The third-order valence-corrected chi connectivity index (χ3v) is 0.667. The summed E-state index contributed by atoms with van der Waals surface area (Å²) < 4.78 is 0. The standard InChI is InChI=1S/C6H6.CH3Cl.FH/c1-2-4-6-5-3-1;1-2;/h1-6H;1H3;1H. The first-order valence-corrected chi connectivity index (χ1v) is 3.13. The van der Waals surface area contributed by atoms with Crippen molar-refractivity contribution in [2.24, 2.45) is 0 Å².